The second-order valence-electron chi connectivity index (χ2n) is 6.47. The predicted molar refractivity (Wildman–Crippen MR) is 93.2 cm³/mol. The highest BCUT2D eigenvalue weighted by Crippen LogP contribution is 2.32. The molecular formula is C18H21N5O2. The van der Waals surface area contributed by atoms with E-state index < -0.39 is 0 Å². The summed E-state index contributed by atoms with van der Waals surface area (Å²) in [4.78, 5) is 27.0. The molecule has 0 N–H and O–H groups in total. The van der Waals surface area contributed by atoms with Gasteiger partial charge in [-0.2, -0.15) is 0 Å². The summed E-state index contributed by atoms with van der Waals surface area (Å²) in [5.41, 5.74) is 1.56. The van der Waals surface area contributed by atoms with Gasteiger partial charge in [-0.05, 0) is 37.1 Å². The number of hydrogen-bond donors (Lipinski definition) is 0. The molecule has 4 rings (SSSR count). The van der Waals surface area contributed by atoms with E-state index in [0.717, 1.165) is 25.1 Å². The third kappa shape index (κ3) is 2.75. The predicted octanol–water partition coefficient (Wildman–Crippen LogP) is 1.59. The average molecular weight is 339 g/mol. The molecule has 3 aromatic heterocycles. The third-order valence-corrected chi connectivity index (χ3v) is 4.92. The Kier molecular flexibility index (Phi) is 3.91. The minimum absolute atomic E-state index is 0.0765. The Bertz CT molecular complexity index is 967. The molecule has 25 heavy (non-hydrogen) atoms. The second-order valence-corrected chi connectivity index (χ2v) is 6.47. The van der Waals surface area contributed by atoms with Crippen LogP contribution in [0.5, 0.6) is 0 Å². The van der Waals surface area contributed by atoms with Crippen LogP contribution in [-0.4, -0.2) is 36.1 Å². The van der Waals surface area contributed by atoms with Crippen LogP contribution in [-0.2, 0) is 18.4 Å². The summed E-state index contributed by atoms with van der Waals surface area (Å²) in [6, 6.07) is 9.62. The molecule has 1 aliphatic heterocycles. The van der Waals surface area contributed by atoms with Crippen LogP contribution in [0.3, 0.4) is 0 Å². The fourth-order valence-corrected chi connectivity index (χ4v) is 3.65. The number of hydrogen-bond acceptors (Lipinski definition) is 3. The van der Waals surface area contributed by atoms with Crippen LogP contribution in [0, 0.1) is 0 Å². The first-order valence-electron chi connectivity index (χ1n) is 8.60. The number of aromatic nitrogens is 4. The molecule has 0 radical (unpaired) electrons. The quantitative estimate of drug-likeness (QED) is 0.725. The van der Waals surface area contributed by atoms with E-state index in [2.05, 4.69) is 15.7 Å². The standard InChI is InChI=1S/C18H21N5O2/c1-20-10-4-6-14(20)15-7-5-12-21(15)17(24)9-13-23-18(25)22-11-3-2-8-16(22)19-23/h2-4,6,8,10-11,15H,5,7,9,12-13H2,1H3. The van der Waals surface area contributed by atoms with Crippen molar-refractivity contribution in [2.45, 2.75) is 31.8 Å². The van der Waals surface area contributed by atoms with Crippen molar-refractivity contribution in [3.05, 3.63) is 58.9 Å². The molecule has 130 valence electrons. The number of pyridine rings is 1. The van der Waals surface area contributed by atoms with Gasteiger partial charge in [-0.1, -0.05) is 6.07 Å². The molecule has 0 bridgehead atoms. The summed E-state index contributed by atoms with van der Waals surface area (Å²) >= 11 is 0. The second kappa shape index (κ2) is 6.23. The zero-order valence-corrected chi connectivity index (χ0v) is 14.2. The number of carbonyl (C=O) groups is 1. The topological polar surface area (TPSA) is 64.5 Å². The normalized spacial score (nSPS) is 17.5. The van der Waals surface area contributed by atoms with E-state index in [1.807, 2.05) is 30.3 Å². The van der Waals surface area contributed by atoms with Crippen molar-refractivity contribution < 1.29 is 4.79 Å². The number of nitrogens with zero attached hydrogens (tertiary/aromatic N) is 5. The molecule has 7 nitrogen and oxygen atoms in total. The molecule has 0 saturated carbocycles. The summed E-state index contributed by atoms with van der Waals surface area (Å²) in [7, 11) is 2.01. The van der Waals surface area contributed by atoms with Gasteiger partial charge in [0.25, 0.3) is 0 Å². The van der Waals surface area contributed by atoms with Gasteiger partial charge in [0, 0.05) is 38.1 Å². The van der Waals surface area contributed by atoms with Gasteiger partial charge in [0.1, 0.15) is 0 Å². The zero-order valence-electron chi connectivity index (χ0n) is 14.2. The Morgan fingerprint density at radius 2 is 2.12 bits per heavy atom. The summed E-state index contributed by atoms with van der Waals surface area (Å²) in [5, 5.41) is 4.29. The van der Waals surface area contributed by atoms with Crippen molar-refractivity contribution >= 4 is 11.6 Å². The molecule has 1 aliphatic rings. The highest BCUT2D eigenvalue weighted by molar-refractivity contribution is 5.77. The van der Waals surface area contributed by atoms with Gasteiger partial charge in [0.2, 0.25) is 5.91 Å². The van der Waals surface area contributed by atoms with Gasteiger partial charge >= 0.3 is 5.69 Å². The number of rotatable bonds is 4. The summed E-state index contributed by atoms with van der Waals surface area (Å²) in [6.45, 7) is 1.07. The highest BCUT2D eigenvalue weighted by atomic mass is 16.2. The Morgan fingerprint density at radius 1 is 1.24 bits per heavy atom. The number of aryl methyl sites for hydroxylation is 2. The van der Waals surface area contributed by atoms with Crippen LogP contribution in [0.2, 0.25) is 0 Å². The molecule has 7 heteroatoms. The minimum atomic E-state index is -0.205. The van der Waals surface area contributed by atoms with E-state index in [0.29, 0.717) is 12.2 Å². The van der Waals surface area contributed by atoms with E-state index >= 15 is 0 Å². The van der Waals surface area contributed by atoms with Crippen LogP contribution in [0.25, 0.3) is 5.65 Å². The maximum atomic E-state index is 12.7. The lowest BCUT2D eigenvalue weighted by Crippen LogP contribution is -2.33. The van der Waals surface area contributed by atoms with E-state index in [1.165, 1.54) is 9.08 Å². The van der Waals surface area contributed by atoms with Crippen LogP contribution >= 0.6 is 0 Å². The first kappa shape index (κ1) is 15.7. The lowest BCUT2D eigenvalue weighted by molar-refractivity contribution is -0.132. The van der Waals surface area contributed by atoms with Gasteiger partial charge in [0.05, 0.1) is 12.6 Å². The first-order chi connectivity index (χ1) is 12.1. The number of carbonyl (C=O) groups excluding carboxylic acids is 1. The molecular weight excluding hydrogens is 318 g/mol. The van der Waals surface area contributed by atoms with Crippen molar-refractivity contribution in [2.24, 2.45) is 7.05 Å². The third-order valence-electron chi connectivity index (χ3n) is 4.92. The van der Waals surface area contributed by atoms with Crippen molar-refractivity contribution in [3.63, 3.8) is 0 Å². The largest absolute Gasteiger partial charge is 0.353 e. The summed E-state index contributed by atoms with van der Waals surface area (Å²) < 4.78 is 4.94. The lowest BCUT2D eigenvalue weighted by atomic mass is 10.1. The van der Waals surface area contributed by atoms with E-state index in [1.54, 1.807) is 18.3 Å². The molecule has 0 spiro atoms. The number of amides is 1. The lowest BCUT2D eigenvalue weighted by Gasteiger charge is -2.25. The van der Waals surface area contributed by atoms with E-state index in [4.69, 9.17) is 0 Å². The average Bonchev–Trinajstić information content (AvgIpc) is 3.32. The van der Waals surface area contributed by atoms with Gasteiger partial charge in [0.15, 0.2) is 5.65 Å². The first-order valence-corrected chi connectivity index (χ1v) is 8.60. The molecule has 1 fully saturated rings. The smallest absolute Gasteiger partial charge is 0.350 e. The Hall–Kier alpha value is -2.83. The van der Waals surface area contributed by atoms with Crippen LogP contribution in [0.15, 0.2) is 47.5 Å². The van der Waals surface area contributed by atoms with Gasteiger partial charge < -0.3 is 9.47 Å². The molecule has 1 amide bonds. The summed E-state index contributed by atoms with van der Waals surface area (Å²) in [6.07, 6.45) is 5.97. The molecule has 4 heterocycles. The van der Waals surface area contributed by atoms with Crippen molar-refractivity contribution in [1.82, 2.24) is 23.6 Å². The fraction of sp³-hybridized carbons (Fsp3) is 0.389. The molecule has 0 aliphatic carbocycles. The van der Waals surface area contributed by atoms with Gasteiger partial charge in [-0.25, -0.2) is 9.48 Å². The van der Waals surface area contributed by atoms with E-state index in [-0.39, 0.29) is 24.1 Å². The summed E-state index contributed by atoms with van der Waals surface area (Å²) in [5.74, 6) is 0.0765. The SMILES string of the molecule is Cn1cccc1C1CCCN1C(=O)CCn1nc2ccccn2c1=O. The Morgan fingerprint density at radius 3 is 2.88 bits per heavy atom. The van der Waals surface area contributed by atoms with Crippen LogP contribution < -0.4 is 5.69 Å². The van der Waals surface area contributed by atoms with Crippen LogP contribution in [0.4, 0.5) is 0 Å². The highest BCUT2D eigenvalue weighted by Gasteiger charge is 2.31. The Labute approximate surface area is 145 Å². The van der Waals surface area contributed by atoms with Crippen molar-refractivity contribution in [3.8, 4) is 0 Å². The van der Waals surface area contributed by atoms with Gasteiger partial charge in [-0.3, -0.25) is 9.20 Å². The van der Waals surface area contributed by atoms with Crippen molar-refractivity contribution in [2.75, 3.05) is 6.54 Å². The maximum absolute atomic E-state index is 12.7. The van der Waals surface area contributed by atoms with Gasteiger partial charge in [-0.15, -0.1) is 5.10 Å². The van der Waals surface area contributed by atoms with Crippen LogP contribution in [0.1, 0.15) is 31.0 Å². The fourth-order valence-electron chi connectivity index (χ4n) is 3.65. The molecule has 0 aromatic carbocycles. The molecule has 1 unspecified atom stereocenters. The monoisotopic (exact) mass is 339 g/mol. The number of likely N-dealkylation sites (tertiary alicyclic amines) is 1. The minimum Gasteiger partial charge on any atom is -0.353 e. The van der Waals surface area contributed by atoms with E-state index in [9.17, 15) is 9.59 Å². The molecule has 1 saturated heterocycles. The zero-order chi connectivity index (χ0) is 17.4. The van der Waals surface area contributed by atoms with Crippen molar-refractivity contribution in [1.29, 1.82) is 0 Å². The maximum Gasteiger partial charge on any atom is 0.350 e. The molecule has 3 aromatic rings. The Balaban J connectivity index is 1.49. The molecule has 1 atom stereocenters. The number of fused-ring (bicyclic) bond motifs is 1.